The van der Waals surface area contributed by atoms with E-state index in [0.29, 0.717) is 10.6 Å². The maximum atomic E-state index is 13.2. The number of carbonyl (C=O) groups excluding carboxylic acids is 1. The Balaban J connectivity index is 2.00. The Kier molecular flexibility index (Phi) is 5.14. The van der Waals surface area contributed by atoms with Crippen LogP contribution in [-0.4, -0.2) is 25.4 Å². The number of alkyl halides is 4. The molecule has 0 unspecified atom stereocenters. The van der Waals surface area contributed by atoms with Gasteiger partial charge < -0.3 is 5.32 Å². The molecule has 13 heteroatoms. The molecule has 0 atom stereocenters. The van der Waals surface area contributed by atoms with Crippen molar-refractivity contribution in [2.75, 3.05) is 5.32 Å². The summed E-state index contributed by atoms with van der Waals surface area (Å²) in [5.41, 5.74) is -3.04. The number of nitro groups is 1. The van der Waals surface area contributed by atoms with E-state index < -0.39 is 40.8 Å². The van der Waals surface area contributed by atoms with Crippen molar-refractivity contribution in [2.24, 2.45) is 0 Å². The summed E-state index contributed by atoms with van der Waals surface area (Å²) >= 11 is 5.88. The summed E-state index contributed by atoms with van der Waals surface area (Å²) in [7, 11) is 0. The number of aromatic nitrogens is 3. The van der Waals surface area contributed by atoms with Crippen molar-refractivity contribution < 1.29 is 27.3 Å². The lowest BCUT2D eigenvalue weighted by atomic mass is 10.2. The Bertz CT molecular complexity index is 1090. The SMILES string of the molecule is O=C(Nc1cc([N+](=O)[O-])ccc1Cl)c1cc2nc(C(F)F)cc(C(F)F)n2n1. The summed E-state index contributed by atoms with van der Waals surface area (Å²) in [6.07, 6.45) is -6.25. The molecular weight excluding hydrogens is 410 g/mol. The zero-order valence-electron chi connectivity index (χ0n) is 13.4. The third-order valence-corrected chi connectivity index (χ3v) is 3.89. The van der Waals surface area contributed by atoms with Crippen molar-refractivity contribution in [1.82, 2.24) is 14.6 Å². The summed E-state index contributed by atoms with van der Waals surface area (Å²) in [6, 6.07) is 4.72. The van der Waals surface area contributed by atoms with Crippen LogP contribution in [0.5, 0.6) is 0 Å². The lowest BCUT2D eigenvalue weighted by molar-refractivity contribution is -0.384. The molecule has 0 saturated heterocycles. The van der Waals surface area contributed by atoms with E-state index in [9.17, 15) is 32.5 Å². The molecule has 0 saturated carbocycles. The number of fused-ring (bicyclic) bond motifs is 1. The number of nitrogens with one attached hydrogen (secondary N) is 1. The fraction of sp³-hybridized carbons (Fsp3) is 0.133. The van der Waals surface area contributed by atoms with Crippen LogP contribution in [0.1, 0.15) is 34.7 Å². The molecule has 3 aromatic rings. The van der Waals surface area contributed by atoms with Gasteiger partial charge in [-0.25, -0.2) is 27.1 Å². The van der Waals surface area contributed by atoms with Crippen molar-refractivity contribution in [3.05, 3.63) is 62.6 Å². The third-order valence-electron chi connectivity index (χ3n) is 3.56. The zero-order valence-corrected chi connectivity index (χ0v) is 14.2. The van der Waals surface area contributed by atoms with Gasteiger partial charge in [0.2, 0.25) is 0 Å². The first-order chi connectivity index (χ1) is 13.2. The highest BCUT2D eigenvalue weighted by atomic mass is 35.5. The molecule has 2 aromatic heterocycles. The lowest BCUT2D eigenvalue weighted by Gasteiger charge is -2.06. The smallest absolute Gasteiger partial charge is 0.280 e. The van der Waals surface area contributed by atoms with Gasteiger partial charge in [-0.1, -0.05) is 11.6 Å². The molecular formula is C15H8ClF4N5O3. The molecule has 1 N–H and O–H groups in total. The van der Waals surface area contributed by atoms with Gasteiger partial charge >= 0.3 is 0 Å². The summed E-state index contributed by atoms with van der Waals surface area (Å²) in [6.45, 7) is 0. The highest BCUT2D eigenvalue weighted by Gasteiger charge is 2.22. The van der Waals surface area contributed by atoms with E-state index in [1.807, 2.05) is 0 Å². The molecule has 0 aliphatic heterocycles. The molecule has 28 heavy (non-hydrogen) atoms. The number of benzene rings is 1. The third kappa shape index (κ3) is 3.71. The number of anilines is 1. The molecule has 0 bridgehead atoms. The van der Waals surface area contributed by atoms with Gasteiger partial charge in [-0.2, -0.15) is 5.10 Å². The maximum absolute atomic E-state index is 13.2. The Morgan fingerprint density at radius 3 is 2.50 bits per heavy atom. The van der Waals surface area contributed by atoms with E-state index in [0.717, 1.165) is 18.2 Å². The monoisotopic (exact) mass is 417 g/mol. The fourth-order valence-corrected chi connectivity index (χ4v) is 2.47. The van der Waals surface area contributed by atoms with E-state index in [-0.39, 0.29) is 22.0 Å². The number of non-ortho nitro benzene ring substituents is 1. The van der Waals surface area contributed by atoms with Gasteiger partial charge in [-0.05, 0) is 12.1 Å². The second kappa shape index (κ2) is 7.38. The quantitative estimate of drug-likeness (QED) is 0.376. The van der Waals surface area contributed by atoms with Crippen molar-refractivity contribution in [3.63, 3.8) is 0 Å². The van der Waals surface area contributed by atoms with Gasteiger partial charge in [0.25, 0.3) is 24.4 Å². The number of carbonyl (C=O) groups is 1. The van der Waals surface area contributed by atoms with E-state index >= 15 is 0 Å². The Labute approximate surface area is 157 Å². The van der Waals surface area contributed by atoms with E-state index in [1.165, 1.54) is 6.07 Å². The minimum atomic E-state index is -3.15. The first-order valence-corrected chi connectivity index (χ1v) is 7.77. The van der Waals surface area contributed by atoms with Gasteiger partial charge in [0.15, 0.2) is 11.3 Å². The van der Waals surface area contributed by atoms with Crippen molar-refractivity contribution >= 4 is 34.5 Å². The summed E-state index contributed by atoms with van der Waals surface area (Å²) in [4.78, 5) is 26.0. The highest BCUT2D eigenvalue weighted by Crippen LogP contribution is 2.28. The Hall–Kier alpha value is -3.28. The minimum absolute atomic E-state index is 0.0194. The second-order valence-corrected chi connectivity index (χ2v) is 5.79. The van der Waals surface area contributed by atoms with E-state index in [4.69, 9.17) is 11.6 Å². The average Bonchev–Trinajstić information content (AvgIpc) is 3.06. The summed E-state index contributed by atoms with van der Waals surface area (Å²) < 4.78 is 52.6. The number of hydrogen-bond donors (Lipinski definition) is 1. The summed E-state index contributed by atoms with van der Waals surface area (Å²) in [5.74, 6) is -0.952. The topological polar surface area (TPSA) is 102 Å². The van der Waals surface area contributed by atoms with E-state index in [2.05, 4.69) is 15.4 Å². The largest absolute Gasteiger partial charge is 0.319 e. The van der Waals surface area contributed by atoms with Crippen molar-refractivity contribution in [2.45, 2.75) is 12.9 Å². The molecule has 8 nitrogen and oxygen atoms in total. The molecule has 0 spiro atoms. The van der Waals surface area contributed by atoms with Crippen LogP contribution in [0.2, 0.25) is 5.02 Å². The predicted octanol–water partition coefficient (Wildman–Crippen LogP) is 4.42. The molecule has 146 valence electrons. The number of halogens is 5. The molecule has 0 aliphatic rings. The van der Waals surface area contributed by atoms with Gasteiger partial charge in [0.05, 0.1) is 15.6 Å². The number of rotatable bonds is 5. The van der Waals surface area contributed by atoms with Crippen LogP contribution in [-0.2, 0) is 0 Å². The zero-order chi connectivity index (χ0) is 20.6. The van der Waals surface area contributed by atoms with Gasteiger partial charge in [0.1, 0.15) is 11.4 Å². The van der Waals surface area contributed by atoms with Crippen LogP contribution in [0.4, 0.5) is 28.9 Å². The molecule has 0 fully saturated rings. The van der Waals surface area contributed by atoms with Crippen molar-refractivity contribution in [3.8, 4) is 0 Å². The van der Waals surface area contributed by atoms with Crippen LogP contribution in [0.15, 0.2) is 30.3 Å². The first kappa shape index (κ1) is 19.5. The van der Waals surface area contributed by atoms with Crippen LogP contribution < -0.4 is 5.32 Å². The number of nitro benzene ring substituents is 1. The number of hydrogen-bond acceptors (Lipinski definition) is 5. The molecule has 2 heterocycles. The number of amides is 1. The van der Waals surface area contributed by atoms with Crippen LogP contribution >= 0.6 is 11.6 Å². The maximum Gasteiger partial charge on any atom is 0.280 e. The average molecular weight is 418 g/mol. The standard InChI is InChI=1S/C15H8ClF4N5O3/c16-7-2-1-6(25(27)28)3-8(7)22-15(26)10-5-12-21-9(13(17)18)4-11(14(19)20)24(12)23-10/h1-5,13-14H,(H,22,26). The first-order valence-electron chi connectivity index (χ1n) is 7.39. The Morgan fingerprint density at radius 2 is 1.89 bits per heavy atom. The minimum Gasteiger partial charge on any atom is -0.319 e. The molecule has 3 rings (SSSR count). The van der Waals surface area contributed by atoms with Gasteiger partial charge in [-0.15, -0.1) is 0 Å². The normalized spacial score (nSPS) is 11.4. The van der Waals surface area contributed by atoms with E-state index in [1.54, 1.807) is 0 Å². The summed E-state index contributed by atoms with van der Waals surface area (Å²) in [5, 5.41) is 16.7. The van der Waals surface area contributed by atoms with Crippen LogP contribution in [0.3, 0.4) is 0 Å². The van der Waals surface area contributed by atoms with Gasteiger partial charge in [0, 0.05) is 18.2 Å². The van der Waals surface area contributed by atoms with Crippen LogP contribution in [0, 0.1) is 10.1 Å². The fourth-order valence-electron chi connectivity index (χ4n) is 2.31. The second-order valence-electron chi connectivity index (χ2n) is 5.38. The van der Waals surface area contributed by atoms with Crippen molar-refractivity contribution in [1.29, 1.82) is 0 Å². The lowest BCUT2D eigenvalue weighted by Crippen LogP contribution is -2.13. The van der Waals surface area contributed by atoms with Gasteiger partial charge in [-0.3, -0.25) is 14.9 Å². The van der Waals surface area contributed by atoms with Crippen LogP contribution in [0.25, 0.3) is 5.65 Å². The number of nitrogens with zero attached hydrogens (tertiary/aromatic N) is 4. The Morgan fingerprint density at radius 1 is 1.18 bits per heavy atom. The molecule has 0 radical (unpaired) electrons. The molecule has 1 amide bonds. The molecule has 1 aromatic carbocycles. The highest BCUT2D eigenvalue weighted by molar-refractivity contribution is 6.34. The molecule has 0 aliphatic carbocycles. The predicted molar refractivity (Wildman–Crippen MR) is 89.0 cm³/mol.